The van der Waals surface area contributed by atoms with Gasteiger partial charge in [-0.2, -0.15) is 0 Å². The predicted molar refractivity (Wildman–Crippen MR) is 84.5 cm³/mol. The van der Waals surface area contributed by atoms with Crippen LogP contribution in [0.4, 0.5) is 0 Å². The van der Waals surface area contributed by atoms with Gasteiger partial charge in [0.1, 0.15) is 0 Å². The molecule has 0 bridgehead atoms. The summed E-state index contributed by atoms with van der Waals surface area (Å²) in [6.45, 7) is 7.57. The number of hydrogen-bond donors (Lipinski definition) is 1. The van der Waals surface area contributed by atoms with E-state index in [1.165, 1.54) is 16.7 Å². The smallest absolute Gasteiger partial charge is 0.0315 e. The maximum atomic E-state index is 4.16. The molecule has 1 aromatic carbocycles. The Labute approximate surface area is 122 Å². The molecule has 0 saturated heterocycles. The normalized spacial score (nSPS) is 12.6. The van der Waals surface area contributed by atoms with Gasteiger partial charge in [-0.1, -0.05) is 44.2 Å². The number of nitrogens with one attached hydrogen (secondary N) is 1. The Morgan fingerprint density at radius 3 is 2.30 bits per heavy atom. The van der Waals surface area contributed by atoms with Crippen LogP contribution in [-0.4, -0.2) is 4.98 Å². The van der Waals surface area contributed by atoms with Crippen LogP contribution in [0.1, 0.15) is 43.5 Å². The van der Waals surface area contributed by atoms with Gasteiger partial charge in [-0.15, -0.1) is 0 Å². The lowest BCUT2D eigenvalue weighted by Crippen LogP contribution is -2.18. The van der Waals surface area contributed by atoms with Crippen molar-refractivity contribution in [2.24, 2.45) is 5.92 Å². The second-order valence-corrected chi connectivity index (χ2v) is 5.80. The van der Waals surface area contributed by atoms with E-state index in [0.29, 0.717) is 12.0 Å². The van der Waals surface area contributed by atoms with Crippen LogP contribution in [0.3, 0.4) is 0 Å². The summed E-state index contributed by atoms with van der Waals surface area (Å²) in [5, 5.41) is 3.54. The largest absolute Gasteiger partial charge is 0.306 e. The van der Waals surface area contributed by atoms with Gasteiger partial charge in [0.2, 0.25) is 0 Å². The van der Waals surface area contributed by atoms with E-state index in [9.17, 15) is 0 Å². The summed E-state index contributed by atoms with van der Waals surface area (Å²) in [4.78, 5) is 4.16. The van der Waals surface area contributed by atoms with Crippen LogP contribution in [0.2, 0.25) is 0 Å². The molecule has 2 nitrogen and oxygen atoms in total. The van der Waals surface area contributed by atoms with Gasteiger partial charge >= 0.3 is 0 Å². The lowest BCUT2D eigenvalue weighted by atomic mass is 10.0. The zero-order chi connectivity index (χ0) is 14.4. The van der Waals surface area contributed by atoms with Gasteiger partial charge in [-0.05, 0) is 42.0 Å². The van der Waals surface area contributed by atoms with E-state index >= 15 is 0 Å². The molecule has 2 heteroatoms. The summed E-state index contributed by atoms with van der Waals surface area (Å²) >= 11 is 0. The van der Waals surface area contributed by atoms with Crippen molar-refractivity contribution in [3.63, 3.8) is 0 Å². The van der Waals surface area contributed by atoms with Crippen molar-refractivity contribution in [3.8, 4) is 0 Å². The fourth-order valence-corrected chi connectivity index (χ4v) is 2.29. The average molecular weight is 268 g/mol. The third-order valence-electron chi connectivity index (χ3n) is 3.46. The highest BCUT2D eigenvalue weighted by Gasteiger charge is 2.04. The molecule has 1 atom stereocenters. The molecule has 0 fully saturated rings. The monoisotopic (exact) mass is 268 g/mol. The van der Waals surface area contributed by atoms with Gasteiger partial charge in [0, 0.05) is 25.0 Å². The topological polar surface area (TPSA) is 24.9 Å². The number of nitrogens with zero attached hydrogens (tertiary/aromatic N) is 1. The predicted octanol–water partition coefficient (Wildman–Crippen LogP) is 4.13. The van der Waals surface area contributed by atoms with Crippen LogP contribution in [0.15, 0.2) is 48.8 Å². The third kappa shape index (κ3) is 4.46. The summed E-state index contributed by atoms with van der Waals surface area (Å²) in [6.07, 6.45) is 4.88. The molecule has 0 aliphatic heterocycles. The van der Waals surface area contributed by atoms with E-state index in [-0.39, 0.29) is 0 Å². The second kappa shape index (κ2) is 7.20. The Bertz CT molecular complexity index is 503. The fraction of sp³-hybridized carbons (Fsp3) is 0.389. The molecule has 0 unspecified atom stereocenters. The maximum Gasteiger partial charge on any atom is 0.0315 e. The van der Waals surface area contributed by atoms with Crippen molar-refractivity contribution in [3.05, 3.63) is 65.5 Å². The number of aromatic nitrogens is 1. The van der Waals surface area contributed by atoms with Gasteiger partial charge in [0.25, 0.3) is 0 Å². The van der Waals surface area contributed by atoms with Crippen LogP contribution >= 0.6 is 0 Å². The zero-order valence-corrected chi connectivity index (χ0v) is 12.6. The highest BCUT2D eigenvalue weighted by atomic mass is 14.9. The molecule has 0 radical (unpaired) electrons. The highest BCUT2D eigenvalue weighted by molar-refractivity contribution is 5.23. The first-order chi connectivity index (χ1) is 9.65. The van der Waals surface area contributed by atoms with E-state index in [0.717, 1.165) is 13.0 Å². The Morgan fingerprint density at radius 2 is 1.70 bits per heavy atom. The number of hydrogen-bond acceptors (Lipinski definition) is 2. The van der Waals surface area contributed by atoms with Crippen molar-refractivity contribution in [1.82, 2.24) is 10.3 Å². The summed E-state index contributed by atoms with van der Waals surface area (Å²) < 4.78 is 0. The molecule has 0 saturated carbocycles. The van der Waals surface area contributed by atoms with Crippen LogP contribution in [0, 0.1) is 5.92 Å². The molecular weight excluding hydrogens is 244 g/mol. The summed E-state index contributed by atoms with van der Waals surface area (Å²) in [5.74, 6) is 0.713. The number of benzene rings is 1. The van der Waals surface area contributed by atoms with E-state index in [4.69, 9.17) is 0 Å². The van der Waals surface area contributed by atoms with Crippen LogP contribution in [-0.2, 0) is 13.0 Å². The van der Waals surface area contributed by atoms with Crippen molar-refractivity contribution < 1.29 is 0 Å². The molecule has 20 heavy (non-hydrogen) atoms. The number of rotatable bonds is 6. The minimum Gasteiger partial charge on any atom is -0.306 e. The van der Waals surface area contributed by atoms with Crippen molar-refractivity contribution >= 4 is 0 Å². The maximum absolute atomic E-state index is 4.16. The number of pyridine rings is 1. The van der Waals surface area contributed by atoms with E-state index < -0.39 is 0 Å². The first kappa shape index (κ1) is 14.7. The van der Waals surface area contributed by atoms with Gasteiger partial charge < -0.3 is 5.32 Å². The van der Waals surface area contributed by atoms with E-state index in [1.54, 1.807) is 0 Å². The Kier molecular flexibility index (Phi) is 5.31. The first-order valence-electron chi connectivity index (χ1n) is 7.36. The molecule has 0 amide bonds. The Hall–Kier alpha value is -1.67. The van der Waals surface area contributed by atoms with Gasteiger partial charge in [-0.3, -0.25) is 4.98 Å². The molecule has 106 valence electrons. The minimum absolute atomic E-state index is 0.319. The fourth-order valence-electron chi connectivity index (χ4n) is 2.29. The van der Waals surface area contributed by atoms with Crippen molar-refractivity contribution in [2.45, 2.75) is 39.8 Å². The van der Waals surface area contributed by atoms with Crippen LogP contribution in [0.25, 0.3) is 0 Å². The van der Waals surface area contributed by atoms with Crippen molar-refractivity contribution in [1.29, 1.82) is 0 Å². The summed E-state index contributed by atoms with van der Waals surface area (Å²) in [7, 11) is 0. The molecule has 1 aromatic heterocycles. The zero-order valence-electron chi connectivity index (χ0n) is 12.6. The molecule has 1 N–H and O–H groups in total. The lowest BCUT2D eigenvalue weighted by Gasteiger charge is -2.14. The molecule has 0 aliphatic carbocycles. The molecule has 0 spiro atoms. The molecule has 0 aliphatic rings. The van der Waals surface area contributed by atoms with Gasteiger partial charge in [-0.25, -0.2) is 0 Å². The van der Waals surface area contributed by atoms with E-state index in [1.807, 2.05) is 18.5 Å². The minimum atomic E-state index is 0.319. The van der Waals surface area contributed by atoms with Crippen molar-refractivity contribution in [2.75, 3.05) is 0 Å². The second-order valence-electron chi connectivity index (χ2n) is 5.80. The average Bonchev–Trinajstić information content (AvgIpc) is 2.46. The molecular formula is C18H24N2. The SMILES string of the molecule is CC(C)Cc1ccc(CN[C@H](C)c2cccnc2)cc1. The Morgan fingerprint density at radius 1 is 1.00 bits per heavy atom. The molecule has 1 heterocycles. The van der Waals surface area contributed by atoms with Crippen LogP contribution < -0.4 is 5.32 Å². The van der Waals surface area contributed by atoms with Gasteiger partial charge in [0.05, 0.1) is 0 Å². The third-order valence-corrected chi connectivity index (χ3v) is 3.46. The highest BCUT2D eigenvalue weighted by Crippen LogP contribution is 2.13. The first-order valence-corrected chi connectivity index (χ1v) is 7.36. The van der Waals surface area contributed by atoms with E-state index in [2.05, 4.69) is 61.4 Å². The molecule has 2 rings (SSSR count). The lowest BCUT2D eigenvalue weighted by molar-refractivity contribution is 0.573. The van der Waals surface area contributed by atoms with Crippen LogP contribution in [0.5, 0.6) is 0 Å². The molecule has 2 aromatic rings. The summed E-state index contributed by atoms with van der Waals surface area (Å²) in [5.41, 5.74) is 3.97. The Balaban J connectivity index is 1.88. The standard InChI is InChI=1S/C18H24N2/c1-14(2)11-16-6-8-17(9-7-16)12-20-15(3)18-5-4-10-19-13-18/h4-10,13-15,20H,11-12H2,1-3H3/t15-/m1/s1. The van der Waals surface area contributed by atoms with Gasteiger partial charge in [0.15, 0.2) is 0 Å². The summed E-state index contributed by atoms with van der Waals surface area (Å²) in [6, 6.07) is 13.3. The quantitative estimate of drug-likeness (QED) is 0.852.